The number of nitrogens with one attached hydrogen (secondary N) is 1. The fourth-order valence-electron chi connectivity index (χ4n) is 2.25. The molecule has 0 atom stereocenters. The van der Waals surface area contributed by atoms with E-state index in [0.29, 0.717) is 6.04 Å². The van der Waals surface area contributed by atoms with Crippen LogP contribution in [-0.4, -0.2) is 11.0 Å². The van der Waals surface area contributed by atoms with Gasteiger partial charge in [0.25, 0.3) is 0 Å². The fourth-order valence-corrected chi connectivity index (χ4v) is 3.28. The number of thiazole rings is 1. The zero-order chi connectivity index (χ0) is 11.4. The van der Waals surface area contributed by atoms with E-state index in [1.165, 1.54) is 42.0 Å². The third kappa shape index (κ3) is 3.29. The van der Waals surface area contributed by atoms with Gasteiger partial charge in [-0.2, -0.15) is 0 Å². The first-order valence-corrected chi connectivity index (χ1v) is 7.25. The summed E-state index contributed by atoms with van der Waals surface area (Å²) in [6.45, 7) is 5.34. The van der Waals surface area contributed by atoms with Gasteiger partial charge < -0.3 is 5.32 Å². The standard InChI is InChI=1S/C13H22N2S/c1-10(2)14-8-12-9-15-13(16-12)11-6-4-3-5-7-11/h9-11,14H,3-8H2,1-2H3. The summed E-state index contributed by atoms with van der Waals surface area (Å²) in [5, 5.41) is 4.82. The lowest BCUT2D eigenvalue weighted by molar-refractivity contribution is 0.442. The number of hydrogen-bond donors (Lipinski definition) is 1. The Balaban J connectivity index is 1.90. The van der Waals surface area contributed by atoms with Crippen LogP contribution in [0.3, 0.4) is 0 Å². The van der Waals surface area contributed by atoms with E-state index in [4.69, 9.17) is 0 Å². The second-order valence-electron chi connectivity index (χ2n) is 5.04. The largest absolute Gasteiger partial charge is 0.310 e. The summed E-state index contributed by atoms with van der Waals surface area (Å²) >= 11 is 1.91. The summed E-state index contributed by atoms with van der Waals surface area (Å²) < 4.78 is 0. The highest BCUT2D eigenvalue weighted by molar-refractivity contribution is 7.11. The highest BCUT2D eigenvalue weighted by Gasteiger charge is 2.18. The topological polar surface area (TPSA) is 24.9 Å². The van der Waals surface area contributed by atoms with Gasteiger partial charge in [0.15, 0.2) is 0 Å². The monoisotopic (exact) mass is 238 g/mol. The van der Waals surface area contributed by atoms with Crippen molar-refractivity contribution in [3.05, 3.63) is 16.1 Å². The number of rotatable bonds is 4. The zero-order valence-corrected chi connectivity index (χ0v) is 11.1. The molecule has 0 aliphatic heterocycles. The van der Waals surface area contributed by atoms with Gasteiger partial charge in [-0.1, -0.05) is 33.1 Å². The van der Waals surface area contributed by atoms with Crippen molar-refractivity contribution in [2.24, 2.45) is 0 Å². The second-order valence-corrected chi connectivity index (χ2v) is 6.18. The molecule has 0 saturated heterocycles. The van der Waals surface area contributed by atoms with E-state index in [0.717, 1.165) is 12.5 Å². The highest BCUT2D eigenvalue weighted by Crippen LogP contribution is 2.34. The normalized spacial score (nSPS) is 18.2. The second kappa shape index (κ2) is 5.78. The third-order valence-electron chi connectivity index (χ3n) is 3.21. The van der Waals surface area contributed by atoms with Crippen molar-refractivity contribution in [3.63, 3.8) is 0 Å². The van der Waals surface area contributed by atoms with Crippen LogP contribution in [0.4, 0.5) is 0 Å². The molecule has 2 rings (SSSR count). The van der Waals surface area contributed by atoms with Crippen LogP contribution in [0.5, 0.6) is 0 Å². The van der Waals surface area contributed by atoms with Crippen molar-refractivity contribution >= 4 is 11.3 Å². The minimum atomic E-state index is 0.556. The molecule has 1 aromatic heterocycles. The van der Waals surface area contributed by atoms with E-state index in [9.17, 15) is 0 Å². The van der Waals surface area contributed by atoms with Crippen molar-refractivity contribution in [1.82, 2.24) is 10.3 Å². The third-order valence-corrected chi connectivity index (χ3v) is 4.37. The van der Waals surface area contributed by atoms with Gasteiger partial charge >= 0.3 is 0 Å². The molecule has 0 spiro atoms. The SMILES string of the molecule is CC(C)NCc1cnc(C2CCCCC2)s1. The average Bonchev–Trinajstić information content (AvgIpc) is 2.76. The lowest BCUT2D eigenvalue weighted by atomic mass is 9.90. The summed E-state index contributed by atoms with van der Waals surface area (Å²) in [5.41, 5.74) is 0. The molecule has 90 valence electrons. The van der Waals surface area contributed by atoms with Crippen molar-refractivity contribution in [1.29, 1.82) is 0 Å². The number of nitrogens with zero attached hydrogens (tertiary/aromatic N) is 1. The van der Waals surface area contributed by atoms with Crippen LogP contribution < -0.4 is 5.32 Å². The van der Waals surface area contributed by atoms with Crippen molar-refractivity contribution in [2.45, 2.75) is 64.5 Å². The Labute approximate surface area is 102 Å². The zero-order valence-electron chi connectivity index (χ0n) is 10.3. The Morgan fingerprint density at radius 3 is 2.81 bits per heavy atom. The molecule has 0 aromatic carbocycles. The molecule has 3 heteroatoms. The first-order chi connectivity index (χ1) is 7.75. The molecule has 0 radical (unpaired) electrons. The lowest BCUT2D eigenvalue weighted by Gasteiger charge is -2.18. The Bertz CT molecular complexity index is 313. The van der Waals surface area contributed by atoms with E-state index < -0.39 is 0 Å². The molecule has 1 aliphatic carbocycles. The Kier molecular flexibility index (Phi) is 4.36. The fraction of sp³-hybridized carbons (Fsp3) is 0.769. The lowest BCUT2D eigenvalue weighted by Crippen LogP contribution is -2.21. The molecule has 1 N–H and O–H groups in total. The molecule has 16 heavy (non-hydrogen) atoms. The molecular formula is C13H22N2S. The summed E-state index contributed by atoms with van der Waals surface area (Å²) in [6.07, 6.45) is 8.97. The van der Waals surface area contributed by atoms with Gasteiger partial charge in [-0.15, -0.1) is 11.3 Å². The Morgan fingerprint density at radius 2 is 2.12 bits per heavy atom. The number of hydrogen-bond acceptors (Lipinski definition) is 3. The van der Waals surface area contributed by atoms with Gasteiger partial charge in [0, 0.05) is 29.6 Å². The quantitative estimate of drug-likeness (QED) is 0.865. The molecule has 1 saturated carbocycles. The van der Waals surface area contributed by atoms with Crippen LogP contribution >= 0.6 is 11.3 Å². The smallest absolute Gasteiger partial charge is 0.0959 e. The maximum atomic E-state index is 4.60. The summed E-state index contributed by atoms with van der Waals surface area (Å²) in [6, 6.07) is 0.556. The van der Waals surface area contributed by atoms with Crippen LogP contribution in [0.1, 0.15) is 61.8 Å². The highest BCUT2D eigenvalue weighted by atomic mass is 32.1. The van der Waals surface area contributed by atoms with Crippen molar-refractivity contribution in [2.75, 3.05) is 0 Å². The first-order valence-electron chi connectivity index (χ1n) is 6.43. The minimum Gasteiger partial charge on any atom is -0.310 e. The van der Waals surface area contributed by atoms with E-state index in [1.807, 2.05) is 11.3 Å². The molecule has 0 unspecified atom stereocenters. The number of aromatic nitrogens is 1. The molecule has 1 aromatic rings. The van der Waals surface area contributed by atoms with E-state index in [2.05, 4.69) is 30.3 Å². The first kappa shape index (κ1) is 12.1. The predicted molar refractivity (Wildman–Crippen MR) is 69.9 cm³/mol. The van der Waals surface area contributed by atoms with Crippen LogP contribution in [0.15, 0.2) is 6.20 Å². The minimum absolute atomic E-state index is 0.556. The summed E-state index contributed by atoms with van der Waals surface area (Å²) in [7, 11) is 0. The molecule has 2 nitrogen and oxygen atoms in total. The van der Waals surface area contributed by atoms with Gasteiger partial charge in [-0.3, -0.25) is 0 Å². The van der Waals surface area contributed by atoms with E-state index in [-0.39, 0.29) is 0 Å². The van der Waals surface area contributed by atoms with Crippen LogP contribution in [0.2, 0.25) is 0 Å². The van der Waals surface area contributed by atoms with Crippen LogP contribution in [-0.2, 0) is 6.54 Å². The summed E-state index contributed by atoms with van der Waals surface area (Å²) in [5.74, 6) is 0.756. The summed E-state index contributed by atoms with van der Waals surface area (Å²) in [4.78, 5) is 5.98. The van der Waals surface area contributed by atoms with Gasteiger partial charge in [0.05, 0.1) is 5.01 Å². The van der Waals surface area contributed by atoms with E-state index >= 15 is 0 Å². The average molecular weight is 238 g/mol. The van der Waals surface area contributed by atoms with Crippen molar-refractivity contribution < 1.29 is 0 Å². The molecule has 0 bridgehead atoms. The van der Waals surface area contributed by atoms with Crippen LogP contribution in [0.25, 0.3) is 0 Å². The van der Waals surface area contributed by atoms with Gasteiger partial charge in [-0.25, -0.2) is 4.98 Å². The molecule has 1 heterocycles. The molecule has 0 amide bonds. The Hall–Kier alpha value is -0.410. The Morgan fingerprint density at radius 1 is 1.38 bits per heavy atom. The maximum absolute atomic E-state index is 4.60. The van der Waals surface area contributed by atoms with Gasteiger partial charge in [-0.05, 0) is 12.8 Å². The predicted octanol–water partition coefficient (Wildman–Crippen LogP) is 3.69. The molecular weight excluding hydrogens is 216 g/mol. The molecule has 1 fully saturated rings. The van der Waals surface area contributed by atoms with E-state index in [1.54, 1.807) is 0 Å². The maximum Gasteiger partial charge on any atom is 0.0959 e. The van der Waals surface area contributed by atoms with Crippen molar-refractivity contribution in [3.8, 4) is 0 Å². The van der Waals surface area contributed by atoms with Gasteiger partial charge in [0.2, 0.25) is 0 Å². The molecule has 1 aliphatic rings. The van der Waals surface area contributed by atoms with Gasteiger partial charge in [0.1, 0.15) is 0 Å². The van der Waals surface area contributed by atoms with Crippen LogP contribution in [0, 0.1) is 0 Å².